The molecule has 0 aromatic carbocycles. The molecule has 0 spiro atoms. The number of carbonyl (C=O) groups is 10. The number of carbonyl (C=O) groups excluding carboxylic acids is 9. The highest BCUT2D eigenvalue weighted by atomic mass is 16.4. The second-order valence-electron chi connectivity index (χ2n) is 20.7. The molecule has 0 saturated heterocycles. The Morgan fingerprint density at radius 3 is 0.681 bits per heavy atom. The molecule has 0 aliphatic heterocycles. The molecule has 0 aromatic rings. The maximum atomic E-state index is 14.0. The van der Waals surface area contributed by atoms with E-state index in [-0.39, 0.29) is 12.3 Å². The van der Waals surface area contributed by atoms with Gasteiger partial charge in [-0.1, -0.05) is 111 Å². The highest BCUT2D eigenvalue weighted by Crippen LogP contribution is 2.14. The summed E-state index contributed by atoms with van der Waals surface area (Å²) in [7, 11) is 0. The molecule has 0 radical (unpaired) electrons. The molecule has 0 saturated carbocycles. The number of nitrogens with one attached hydrogen (secondary N) is 9. The zero-order valence-electron chi connectivity index (χ0n) is 44.3. The van der Waals surface area contributed by atoms with Crippen molar-refractivity contribution < 1.29 is 53.1 Å². The summed E-state index contributed by atoms with van der Waals surface area (Å²) >= 11 is 0. The minimum atomic E-state index is -1.23. The van der Waals surface area contributed by atoms with Crippen molar-refractivity contribution in [2.45, 2.75) is 191 Å². The largest absolute Gasteiger partial charge is 0.480 e. The van der Waals surface area contributed by atoms with Crippen LogP contribution >= 0.6 is 0 Å². The summed E-state index contributed by atoms with van der Waals surface area (Å²) in [6, 6.07) is -10.2. The van der Waals surface area contributed by atoms with Crippen molar-refractivity contribution in [2.75, 3.05) is 6.54 Å². The van der Waals surface area contributed by atoms with Gasteiger partial charge in [-0.05, 0) is 73.2 Å². The van der Waals surface area contributed by atoms with E-state index in [1.807, 2.05) is 0 Å². The average molecular weight is 981 g/mol. The van der Waals surface area contributed by atoms with E-state index in [1.54, 1.807) is 111 Å². The molecule has 0 aromatic heterocycles. The molecule has 12 N–H and O–H groups in total. The van der Waals surface area contributed by atoms with Crippen molar-refractivity contribution in [2.24, 2.45) is 53.1 Å². The van der Waals surface area contributed by atoms with Crippen LogP contribution < -0.4 is 53.6 Å². The monoisotopic (exact) mass is 981 g/mol. The van der Waals surface area contributed by atoms with Gasteiger partial charge in [0.25, 0.3) is 0 Å². The van der Waals surface area contributed by atoms with E-state index in [1.165, 1.54) is 6.92 Å². The molecule has 0 rings (SSSR count). The van der Waals surface area contributed by atoms with Crippen molar-refractivity contribution in [3.05, 3.63) is 0 Å². The molecule has 0 bridgehead atoms. The van der Waals surface area contributed by atoms with E-state index < -0.39 is 155 Å². The summed E-state index contributed by atoms with van der Waals surface area (Å²) in [4.78, 5) is 133. The highest BCUT2D eigenvalue weighted by Gasteiger charge is 2.39. The molecule has 0 aliphatic carbocycles. The fourth-order valence-corrected chi connectivity index (χ4v) is 7.21. The molecule has 9 amide bonds. The van der Waals surface area contributed by atoms with Crippen molar-refractivity contribution in [1.82, 2.24) is 47.9 Å². The Bertz CT molecular complexity index is 1750. The Balaban J connectivity index is 6.28. The molecule has 21 nitrogen and oxygen atoms in total. The molecule has 9 atom stereocenters. The lowest BCUT2D eigenvalue weighted by Crippen LogP contribution is -2.63. The smallest absolute Gasteiger partial charge is 0.326 e. The quantitative estimate of drug-likeness (QED) is 0.0446. The van der Waals surface area contributed by atoms with Gasteiger partial charge in [0.05, 0.1) is 0 Å². The number of unbranched alkanes of at least 4 members (excludes halogenated alkanes) is 1. The lowest BCUT2D eigenvalue weighted by Gasteiger charge is -2.32. The first-order valence-electron chi connectivity index (χ1n) is 24.4. The third-order valence-electron chi connectivity index (χ3n) is 11.6. The van der Waals surface area contributed by atoms with Gasteiger partial charge in [0, 0.05) is 6.92 Å². The standard InChI is InChI=1S/C48H88N10O11/c1-22(2)32(50-30(17)59)41(61)53-34(24(5)6)43(63)55-36(26(9)10)45(65)57-38(28(13)14)47(67)58-39(29(15)16)46(66)56-37(27(11)12)44(64)54-35(25(7)8)42(62)52-33(23(3)4)40(60)51-31(48(68)69)20-18-19-21-49/h22-29,31-39H,18-21,49H2,1-17H3,(H,50,59)(H,51,60)(H,52,62)(H,53,61)(H,54,64)(H,55,63)(H,56,66)(H,57,65)(H,58,67)(H,68,69)/t31-,32-,33-,34-,35-,36-,37-,38-,39-/m0/s1. The van der Waals surface area contributed by atoms with E-state index >= 15 is 0 Å². The lowest BCUT2D eigenvalue weighted by atomic mass is 9.96. The predicted octanol–water partition coefficient (Wildman–Crippen LogP) is 0.831. The van der Waals surface area contributed by atoms with Crippen molar-refractivity contribution in [1.29, 1.82) is 0 Å². The zero-order chi connectivity index (χ0) is 53.8. The van der Waals surface area contributed by atoms with E-state index in [0.717, 1.165) is 0 Å². The molecule has 69 heavy (non-hydrogen) atoms. The molecular formula is C48H88N10O11. The summed E-state index contributed by atoms with van der Waals surface area (Å²) in [6.07, 6.45) is 1.19. The fourth-order valence-electron chi connectivity index (χ4n) is 7.21. The van der Waals surface area contributed by atoms with Gasteiger partial charge in [-0.2, -0.15) is 0 Å². The first-order chi connectivity index (χ1) is 31.8. The van der Waals surface area contributed by atoms with Gasteiger partial charge in [-0.3, -0.25) is 43.2 Å². The molecule has 0 fully saturated rings. The topological polar surface area (TPSA) is 325 Å². The average Bonchev–Trinajstić information content (AvgIpc) is 3.22. The van der Waals surface area contributed by atoms with Gasteiger partial charge >= 0.3 is 5.97 Å². The number of nitrogens with two attached hydrogens (primary N) is 1. The predicted molar refractivity (Wildman–Crippen MR) is 262 cm³/mol. The van der Waals surface area contributed by atoms with Crippen LogP contribution in [0, 0.1) is 47.3 Å². The molecular weight excluding hydrogens is 893 g/mol. The zero-order valence-corrected chi connectivity index (χ0v) is 44.3. The fraction of sp³-hybridized carbons (Fsp3) is 0.792. The van der Waals surface area contributed by atoms with Gasteiger partial charge in [0.2, 0.25) is 53.2 Å². The van der Waals surface area contributed by atoms with Crippen molar-refractivity contribution >= 4 is 59.1 Å². The number of carboxylic acids is 1. The summed E-state index contributed by atoms with van der Waals surface area (Å²) in [5.41, 5.74) is 5.53. The van der Waals surface area contributed by atoms with Gasteiger partial charge in [-0.15, -0.1) is 0 Å². The van der Waals surface area contributed by atoms with Crippen LogP contribution in [0.15, 0.2) is 0 Å². The van der Waals surface area contributed by atoms with Gasteiger partial charge in [-0.25, -0.2) is 4.79 Å². The van der Waals surface area contributed by atoms with Crippen LogP contribution in [0.25, 0.3) is 0 Å². The Labute approximate surface area is 410 Å². The van der Waals surface area contributed by atoms with Gasteiger partial charge < -0.3 is 58.7 Å². The molecule has 396 valence electrons. The molecule has 21 heteroatoms. The Morgan fingerprint density at radius 1 is 0.333 bits per heavy atom. The first-order valence-corrected chi connectivity index (χ1v) is 24.4. The number of amides is 9. The Hall–Kier alpha value is -5.34. The van der Waals surface area contributed by atoms with E-state index in [2.05, 4.69) is 47.9 Å². The van der Waals surface area contributed by atoms with Crippen LogP contribution in [-0.4, -0.2) is 125 Å². The summed E-state index contributed by atoms with van der Waals surface area (Å²) in [5.74, 6) is -10.8. The second-order valence-corrected chi connectivity index (χ2v) is 20.7. The maximum absolute atomic E-state index is 14.0. The molecule has 0 unspecified atom stereocenters. The van der Waals surface area contributed by atoms with Crippen molar-refractivity contribution in [3.8, 4) is 0 Å². The van der Waals surface area contributed by atoms with Crippen LogP contribution in [0.2, 0.25) is 0 Å². The minimum Gasteiger partial charge on any atom is -0.480 e. The number of hydrogen-bond donors (Lipinski definition) is 11. The van der Waals surface area contributed by atoms with E-state index in [0.29, 0.717) is 19.4 Å². The number of aliphatic carboxylic acids is 1. The maximum Gasteiger partial charge on any atom is 0.326 e. The third-order valence-corrected chi connectivity index (χ3v) is 11.6. The Morgan fingerprint density at radius 2 is 0.522 bits per heavy atom. The van der Waals surface area contributed by atoms with Gasteiger partial charge in [0.1, 0.15) is 54.4 Å². The van der Waals surface area contributed by atoms with Crippen LogP contribution in [0.3, 0.4) is 0 Å². The van der Waals surface area contributed by atoms with Gasteiger partial charge in [0.15, 0.2) is 0 Å². The minimum absolute atomic E-state index is 0.146. The first kappa shape index (κ1) is 63.7. The molecule has 0 heterocycles. The van der Waals surface area contributed by atoms with Crippen LogP contribution in [0.1, 0.15) is 137 Å². The lowest BCUT2D eigenvalue weighted by molar-refractivity contribution is -0.143. The number of hydrogen-bond acceptors (Lipinski definition) is 11. The summed E-state index contributed by atoms with van der Waals surface area (Å²) in [6.45, 7) is 28.8. The molecule has 0 aliphatic rings. The third kappa shape index (κ3) is 21.5. The SMILES string of the molecule is CC(=O)N[C@H](C(=O)N[C@H](C(=O)N[C@H](C(=O)N[C@H](C(=O)N[C@H](C(=O)N[C@H](C(=O)N[C@H](C(=O)N[C@H](C(=O)N[C@@H](CCCCN)C(=O)O)C(C)C)C(C)C)C(C)C)C(C)C)C(C)C)C(C)C)C(C)C)C(C)C. The second kappa shape index (κ2) is 30.3. The van der Waals surface area contributed by atoms with E-state index in [9.17, 15) is 53.1 Å². The normalized spacial score (nSPS) is 15.6. The summed E-state index contributed by atoms with van der Waals surface area (Å²) in [5, 5.41) is 33.8. The van der Waals surface area contributed by atoms with Crippen molar-refractivity contribution in [3.63, 3.8) is 0 Å². The van der Waals surface area contributed by atoms with Crippen LogP contribution in [0.4, 0.5) is 0 Å². The van der Waals surface area contributed by atoms with Crippen LogP contribution in [0.5, 0.6) is 0 Å². The Kier molecular flexibility index (Phi) is 28.0. The highest BCUT2D eigenvalue weighted by molar-refractivity contribution is 5.98. The van der Waals surface area contributed by atoms with Crippen LogP contribution in [-0.2, 0) is 47.9 Å². The number of rotatable bonds is 30. The number of carboxylic acid groups (broad SMARTS) is 1. The van der Waals surface area contributed by atoms with E-state index in [4.69, 9.17) is 5.73 Å². The summed E-state index contributed by atoms with van der Waals surface area (Å²) < 4.78 is 0.